The average Bonchev–Trinajstić information content (AvgIpc) is 3.38. The van der Waals surface area contributed by atoms with Crippen LogP contribution in [0, 0.1) is 5.92 Å². The molecule has 45 heavy (non-hydrogen) atoms. The second-order valence-corrected chi connectivity index (χ2v) is 12.7. The summed E-state index contributed by atoms with van der Waals surface area (Å²) in [5.41, 5.74) is -0.576. The lowest BCUT2D eigenvalue weighted by molar-refractivity contribution is -0.154. The van der Waals surface area contributed by atoms with Crippen molar-refractivity contribution in [3.8, 4) is 0 Å². The van der Waals surface area contributed by atoms with Gasteiger partial charge in [-0.2, -0.15) is 0 Å². The third-order valence-electron chi connectivity index (χ3n) is 7.67. The molecule has 2 aromatic carbocycles. The Bertz CT molecular complexity index is 1320. The minimum Gasteiger partial charge on any atom is -0.460 e. The number of nitrogens with zero attached hydrogens (tertiary/aromatic N) is 2. The van der Waals surface area contributed by atoms with Crippen LogP contribution in [-0.4, -0.2) is 77.3 Å². The standard InChI is InChI=1S/C35H47N3O7/c1-8-9-20-43-31(40)35(21-26-16-12-10-13-17-26)22-28(23-38(35)33(42)44-24-27-18-14-11-15-19-27)37(7)30(39)29(25(2)3)36-32(41)45-34(4,5)6/h8-19,25,28-29H,20-24H2,1-7H3,(H,36,41)/t28-,29+,35?/m1/s1. The van der Waals surface area contributed by atoms with E-state index in [0.717, 1.165) is 11.1 Å². The van der Waals surface area contributed by atoms with Crippen LogP contribution >= 0.6 is 0 Å². The summed E-state index contributed by atoms with van der Waals surface area (Å²) >= 11 is 0. The van der Waals surface area contributed by atoms with Gasteiger partial charge >= 0.3 is 18.2 Å². The van der Waals surface area contributed by atoms with Crippen molar-refractivity contribution in [1.82, 2.24) is 15.1 Å². The molecule has 0 saturated carbocycles. The Morgan fingerprint density at radius 3 is 2.16 bits per heavy atom. The Kier molecular flexibility index (Phi) is 12.2. The molecule has 2 aromatic rings. The Hall–Kier alpha value is -4.34. The number of carbonyl (C=O) groups excluding carboxylic acids is 4. The van der Waals surface area contributed by atoms with Crippen molar-refractivity contribution >= 4 is 24.1 Å². The molecule has 1 N–H and O–H groups in total. The molecule has 10 heteroatoms. The summed E-state index contributed by atoms with van der Waals surface area (Å²) < 4.78 is 16.9. The largest absolute Gasteiger partial charge is 0.460 e. The van der Waals surface area contributed by atoms with Crippen LogP contribution in [0.15, 0.2) is 72.8 Å². The number of likely N-dealkylation sites (tertiary alicyclic amines) is 1. The lowest BCUT2D eigenvalue weighted by Crippen LogP contribution is -2.55. The molecule has 1 fully saturated rings. The first-order valence-corrected chi connectivity index (χ1v) is 15.3. The number of likely N-dealkylation sites (N-methyl/N-ethyl adjacent to an activating group) is 1. The van der Waals surface area contributed by atoms with Gasteiger partial charge in [0.1, 0.15) is 30.4 Å². The molecular formula is C35H47N3O7. The average molecular weight is 622 g/mol. The number of alkyl carbamates (subject to hydrolysis) is 1. The van der Waals surface area contributed by atoms with Crippen molar-refractivity contribution in [2.45, 2.75) is 84.2 Å². The van der Waals surface area contributed by atoms with Crippen molar-refractivity contribution in [2.24, 2.45) is 5.92 Å². The lowest BCUT2D eigenvalue weighted by Gasteiger charge is -2.35. The van der Waals surface area contributed by atoms with Crippen molar-refractivity contribution in [2.75, 3.05) is 20.2 Å². The minimum atomic E-state index is -1.46. The predicted molar refractivity (Wildman–Crippen MR) is 171 cm³/mol. The van der Waals surface area contributed by atoms with E-state index in [-0.39, 0.29) is 44.4 Å². The van der Waals surface area contributed by atoms with E-state index in [1.807, 2.05) is 81.4 Å². The van der Waals surface area contributed by atoms with Crippen LogP contribution in [0.4, 0.5) is 9.59 Å². The maximum atomic E-state index is 14.0. The van der Waals surface area contributed by atoms with Crippen LogP contribution in [0.25, 0.3) is 0 Å². The number of rotatable bonds is 11. The van der Waals surface area contributed by atoms with Crippen LogP contribution < -0.4 is 5.32 Å². The second-order valence-electron chi connectivity index (χ2n) is 12.7. The maximum absolute atomic E-state index is 14.0. The van der Waals surface area contributed by atoms with Gasteiger partial charge < -0.3 is 24.4 Å². The molecule has 1 aliphatic heterocycles. The van der Waals surface area contributed by atoms with E-state index in [4.69, 9.17) is 14.2 Å². The molecule has 1 saturated heterocycles. The molecule has 3 amide bonds. The molecule has 0 aromatic heterocycles. The van der Waals surface area contributed by atoms with Crippen LogP contribution in [0.5, 0.6) is 0 Å². The van der Waals surface area contributed by atoms with Gasteiger partial charge in [0.05, 0.1) is 6.04 Å². The molecule has 3 rings (SSSR count). The summed E-state index contributed by atoms with van der Waals surface area (Å²) in [5.74, 6) is -1.21. The second kappa shape index (κ2) is 15.6. The third kappa shape index (κ3) is 9.57. The number of benzene rings is 2. The minimum absolute atomic E-state index is 0.0138. The summed E-state index contributed by atoms with van der Waals surface area (Å²) in [6.07, 6.45) is 2.36. The van der Waals surface area contributed by atoms with Gasteiger partial charge in [0.25, 0.3) is 0 Å². The predicted octanol–water partition coefficient (Wildman–Crippen LogP) is 5.51. The molecule has 0 radical (unpaired) electrons. The highest BCUT2D eigenvalue weighted by Crippen LogP contribution is 2.37. The van der Waals surface area contributed by atoms with Crippen molar-refractivity contribution in [3.05, 3.63) is 83.9 Å². The monoisotopic (exact) mass is 621 g/mol. The first-order valence-electron chi connectivity index (χ1n) is 15.3. The normalized spacial score (nSPS) is 18.8. The van der Waals surface area contributed by atoms with Gasteiger partial charge in [-0.05, 0) is 44.7 Å². The van der Waals surface area contributed by atoms with Crippen LogP contribution in [-0.2, 0) is 36.8 Å². The van der Waals surface area contributed by atoms with Crippen LogP contribution in [0.2, 0.25) is 0 Å². The van der Waals surface area contributed by atoms with E-state index in [9.17, 15) is 19.2 Å². The highest BCUT2D eigenvalue weighted by atomic mass is 16.6. The SMILES string of the molecule is CC=CCOC(=O)C1(Cc2ccccc2)C[C@@H](N(C)C(=O)[C@@H](NC(=O)OC(C)(C)C)C(C)C)CN1C(=O)OCc1ccccc1. The van der Waals surface area contributed by atoms with E-state index in [1.54, 1.807) is 40.0 Å². The molecule has 0 aliphatic carbocycles. The van der Waals surface area contributed by atoms with E-state index in [1.165, 1.54) is 9.80 Å². The Morgan fingerprint density at radius 1 is 1.00 bits per heavy atom. The van der Waals surface area contributed by atoms with Gasteiger partial charge in [-0.25, -0.2) is 14.4 Å². The molecule has 1 unspecified atom stereocenters. The Labute approximate surface area is 266 Å². The van der Waals surface area contributed by atoms with Gasteiger partial charge in [0.15, 0.2) is 0 Å². The summed E-state index contributed by atoms with van der Waals surface area (Å²) in [4.78, 5) is 57.3. The smallest absolute Gasteiger partial charge is 0.411 e. The summed E-state index contributed by atoms with van der Waals surface area (Å²) in [7, 11) is 1.62. The number of nitrogens with one attached hydrogen (secondary N) is 1. The summed E-state index contributed by atoms with van der Waals surface area (Å²) in [6.45, 7) is 10.8. The zero-order valence-electron chi connectivity index (χ0n) is 27.4. The molecule has 0 spiro atoms. The Morgan fingerprint density at radius 2 is 1.60 bits per heavy atom. The van der Waals surface area contributed by atoms with Gasteiger partial charge in [-0.1, -0.05) is 86.7 Å². The molecule has 244 valence electrons. The lowest BCUT2D eigenvalue weighted by atomic mass is 9.86. The number of ether oxygens (including phenoxy) is 3. The van der Waals surface area contributed by atoms with E-state index in [0.29, 0.717) is 0 Å². The maximum Gasteiger partial charge on any atom is 0.411 e. The molecule has 1 aliphatic rings. The van der Waals surface area contributed by atoms with Gasteiger partial charge in [-0.15, -0.1) is 0 Å². The fourth-order valence-electron chi connectivity index (χ4n) is 5.32. The highest BCUT2D eigenvalue weighted by molar-refractivity contribution is 5.89. The van der Waals surface area contributed by atoms with E-state index in [2.05, 4.69) is 5.32 Å². The molecule has 10 nitrogen and oxygen atoms in total. The van der Waals surface area contributed by atoms with Gasteiger partial charge in [0.2, 0.25) is 5.91 Å². The topological polar surface area (TPSA) is 114 Å². The van der Waals surface area contributed by atoms with Crippen LogP contribution in [0.1, 0.15) is 59.1 Å². The van der Waals surface area contributed by atoms with Crippen molar-refractivity contribution in [3.63, 3.8) is 0 Å². The fourth-order valence-corrected chi connectivity index (χ4v) is 5.32. The molecule has 1 heterocycles. The molecule has 3 atom stereocenters. The quantitative estimate of drug-likeness (QED) is 0.200. The van der Waals surface area contributed by atoms with E-state index < -0.39 is 41.4 Å². The van der Waals surface area contributed by atoms with E-state index >= 15 is 0 Å². The number of hydrogen-bond donors (Lipinski definition) is 1. The zero-order valence-corrected chi connectivity index (χ0v) is 27.4. The number of esters is 1. The first-order chi connectivity index (χ1) is 21.3. The van der Waals surface area contributed by atoms with Crippen molar-refractivity contribution < 1.29 is 33.4 Å². The number of hydrogen-bond acceptors (Lipinski definition) is 7. The van der Waals surface area contributed by atoms with Crippen LogP contribution in [0.3, 0.4) is 0 Å². The van der Waals surface area contributed by atoms with Gasteiger partial charge in [-0.3, -0.25) is 9.69 Å². The molecular weight excluding hydrogens is 574 g/mol. The van der Waals surface area contributed by atoms with Crippen molar-refractivity contribution in [1.29, 1.82) is 0 Å². The molecule has 0 bridgehead atoms. The zero-order chi connectivity index (χ0) is 33.2. The summed E-state index contributed by atoms with van der Waals surface area (Å²) in [6, 6.07) is 17.2. The number of carbonyl (C=O) groups is 4. The first kappa shape index (κ1) is 35.1. The summed E-state index contributed by atoms with van der Waals surface area (Å²) in [5, 5.41) is 2.71. The Balaban J connectivity index is 1.97. The number of allylic oxidation sites excluding steroid dienone is 1. The third-order valence-corrected chi connectivity index (χ3v) is 7.67. The fraction of sp³-hybridized carbons (Fsp3) is 0.486. The number of amides is 3. The highest BCUT2D eigenvalue weighted by Gasteiger charge is 2.56. The van der Waals surface area contributed by atoms with Gasteiger partial charge in [0, 0.05) is 26.4 Å².